The summed E-state index contributed by atoms with van der Waals surface area (Å²) >= 11 is 0. The van der Waals surface area contributed by atoms with E-state index < -0.39 is 0 Å². The first-order chi connectivity index (χ1) is 3.13. The van der Waals surface area contributed by atoms with Crippen molar-refractivity contribution in [3.05, 3.63) is 0 Å². The van der Waals surface area contributed by atoms with Gasteiger partial charge < -0.3 is 5.11 Å². The average Bonchev–Trinajstić information content (AvgIpc) is 1.27. The SMILES string of the molecule is CC(C)C[C@@H](C)O. The predicted octanol–water partition coefficient (Wildman–Crippen LogP) is 1.41. The molecule has 44 valence electrons. The minimum atomic E-state index is -0.125. The van der Waals surface area contributed by atoms with Crippen LogP contribution >= 0.6 is 0 Å². The van der Waals surface area contributed by atoms with E-state index in [-0.39, 0.29) is 6.10 Å². The lowest BCUT2D eigenvalue weighted by Crippen LogP contribution is -2.03. The Balaban J connectivity index is 2.95. The minimum Gasteiger partial charge on any atom is -0.393 e. The van der Waals surface area contributed by atoms with Crippen LogP contribution in [0.15, 0.2) is 0 Å². The van der Waals surface area contributed by atoms with E-state index in [2.05, 4.69) is 13.8 Å². The van der Waals surface area contributed by atoms with E-state index in [1.807, 2.05) is 6.92 Å². The van der Waals surface area contributed by atoms with Gasteiger partial charge in [0.15, 0.2) is 0 Å². The van der Waals surface area contributed by atoms with Crippen LogP contribution in [-0.4, -0.2) is 11.2 Å². The number of rotatable bonds is 2. The fourth-order valence-electron chi connectivity index (χ4n) is 0.682. The van der Waals surface area contributed by atoms with Crippen LogP contribution in [0, 0.1) is 5.92 Å². The third-order valence-corrected chi connectivity index (χ3v) is 0.813. The molecule has 0 amide bonds. The summed E-state index contributed by atoms with van der Waals surface area (Å²) in [5.41, 5.74) is 0. The van der Waals surface area contributed by atoms with E-state index >= 15 is 0 Å². The summed E-state index contributed by atoms with van der Waals surface area (Å²) in [5.74, 6) is 0.625. The van der Waals surface area contributed by atoms with Crippen molar-refractivity contribution in [2.75, 3.05) is 0 Å². The standard InChI is InChI=1S/C6H14O/c1-5(2)4-6(3)7/h5-7H,4H2,1-3H3/t6-/m1/s1. The molecule has 0 aromatic heterocycles. The molecule has 0 spiro atoms. The van der Waals surface area contributed by atoms with Crippen LogP contribution < -0.4 is 0 Å². The highest BCUT2D eigenvalue weighted by Gasteiger charge is 1.97. The largest absolute Gasteiger partial charge is 0.393 e. The monoisotopic (exact) mass is 102 g/mol. The lowest BCUT2D eigenvalue weighted by Gasteiger charge is -2.04. The third-order valence-electron chi connectivity index (χ3n) is 0.813. The number of aliphatic hydroxyl groups is 1. The molecule has 0 saturated heterocycles. The van der Waals surface area contributed by atoms with Crippen molar-refractivity contribution in [3.63, 3.8) is 0 Å². The molecule has 0 aromatic rings. The van der Waals surface area contributed by atoms with E-state index in [9.17, 15) is 0 Å². The Hall–Kier alpha value is -0.0400. The summed E-state index contributed by atoms with van der Waals surface area (Å²) in [6.45, 7) is 6.03. The molecular formula is C6H14O. The molecule has 0 heterocycles. The van der Waals surface area contributed by atoms with Crippen molar-refractivity contribution < 1.29 is 5.11 Å². The maximum Gasteiger partial charge on any atom is 0.0514 e. The second-order valence-electron chi connectivity index (χ2n) is 2.48. The molecule has 0 fully saturated rings. The smallest absolute Gasteiger partial charge is 0.0514 e. The van der Waals surface area contributed by atoms with E-state index in [1.54, 1.807) is 0 Å². The summed E-state index contributed by atoms with van der Waals surface area (Å²) in [7, 11) is 0. The van der Waals surface area contributed by atoms with Crippen molar-refractivity contribution in [1.29, 1.82) is 0 Å². The van der Waals surface area contributed by atoms with Crippen LogP contribution in [0.3, 0.4) is 0 Å². The summed E-state index contributed by atoms with van der Waals surface area (Å²) in [4.78, 5) is 0. The molecule has 0 bridgehead atoms. The van der Waals surface area contributed by atoms with E-state index in [0.717, 1.165) is 6.42 Å². The Morgan fingerprint density at radius 1 is 1.29 bits per heavy atom. The van der Waals surface area contributed by atoms with Gasteiger partial charge in [0.1, 0.15) is 0 Å². The second-order valence-corrected chi connectivity index (χ2v) is 2.48. The fraction of sp³-hybridized carbons (Fsp3) is 1.00. The topological polar surface area (TPSA) is 20.2 Å². The summed E-state index contributed by atoms with van der Waals surface area (Å²) in [6, 6.07) is 0. The number of aliphatic hydroxyl groups excluding tert-OH is 1. The van der Waals surface area contributed by atoms with Crippen LogP contribution in [-0.2, 0) is 0 Å². The van der Waals surface area contributed by atoms with Gasteiger partial charge in [0, 0.05) is 0 Å². The van der Waals surface area contributed by atoms with Gasteiger partial charge in [-0.15, -0.1) is 0 Å². The van der Waals surface area contributed by atoms with Gasteiger partial charge in [-0.1, -0.05) is 13.8 Å². The van der Waals surface area contributed by atoms with E-state index in [1.165, 1.54) is 0 Å². The Labute approximate surface area is 45.4 Å². The molecule has 1 atom stereocenters. The lowest BCUT2D eigenvalue weighted by molar-refractivity contribution is 0.168. The quantitative estimate of drug-likeness (QED) is 0.559. The number of hydrogen-bond donors (Lipinski definition) is 1. The van der Waals surface area contributed by atoms with Crippen molar-refractivity contribution in [2.24, 2.45) is 5.92 Å². The summed E-state index contributed by atoms with van der Waals surface area (Å²) < 4.78 is 0. The number of hydrogen-bond acceptors (Lipinski definition) is 1. The maximum atomic E-state index is 8.72. The molecule has 7 heavy (non-hydrogen) atoms. The molecule has 0 aliphatic rings. The van der Waals surface area contributed by atoms with Crippen LogP contribution in [0.5, 0.6) is 0 Å². The first-order valence-electron chi connectivity index (χ1n) is 2.81. The zero-order valence-electron chi connectivity index (χ0n) is 5.31. The highest BCUT2D eigenvalue weighted by molar-refractivity contribution is 4.49. The second kappa shape index (κ2) is 3.03. The first kappa shape index (κ1) is 6.96. The molecule has 0 aliphatic heterocycles. The minimum absolute atomic E-state index is 0.125. The molecular weight excluding hydrogens is 88.1 g/mol. The van der Waals surface area contributed by atoms with Gasteiger partial charge in [-0.05, 0) is 19.3 Å². The highest BCUT2D eigenvalue weighted by Crippen LogP contribution is 2.01. The maximum absolute atomic E-state index is 8.72. The normalized spacial score (nSPS) is 15.0. The zero-order valence-corrected chi connectivity index (χ0v) is 5.31. The molecule has 0 radical (unpaired) electrons. The van der Waals surface area contributed by atoms with Crippen LogP contribution in [0.4, 0.5) is 0 Å². The van der Waals surface area contributed by atoms with Gasteiger partial charge in [-0.3, -0.25) is 0 Å². The molecule has 1 nitrogen and oxygen atoms in total. The van der Waals surface area contributed by atoms with Gasteiger partial charge in [0.2, 0.25) is 0 Å². The van der Waals surface area contributed by atoms with E-state index in [4.69, 9.17) is 5.11 Å². The van der Waals surface area contributed by atoms with Gasteiger partial charge in [0.25, 0.3) is 0 Å². The van der Waals surface area contributed by atoms with Crippen LogP contribution in [0.1, 0.15) is 27.2 Å². The van der Waals surface area contributed by atoms with Gasteiger partial charge in [-0.25, -0.2) is 0 Å². The average molecular weight is 102 g/mol. The Morgan fingerprint density at radius 2 is 1.71 bits per heavy atom. The van der Waals surface area contributed by atoms with Crippen molar-refractivity contribution >= 4 is 0 Å². The van der Waals surface area contributed by atoms with Crippen molar-refractivity contribution in [3.8, 4) is 0 Å². The highest BCUT2D eigenvalue weighted by atomic mass is 16.3. The summed E-state index contributed by atoms with van der Waals surface area (Å²) in [5, 5.41) is 8.72. The molecule has 0 saturated carbocycles. The lowest BCUT2D eigenvalue weighted by atomic mass is 10.1. The van der Waals surface area contributed by atoms with Gasteiger partial charge in [0.05, 0.1) is 6.10 Å². The Bertz CT molecular complexity index is 33.4. The van der Waals surface area contributed by atoms with E-state index in [0.29, 0.717) is 5.92 Å². The molecule has 0 aromatic carbocycles. The Kier molecular flexibility index (Phi) is 3.01. The molecule has 1 N–H and O–H groups in total. The van der Waals surface area contributed by atoms with Crippen molar-refractivity contribution in [2.45, 2.75) is 33.3 Å². The zero-order chi connectivity index (χ0) is 5.86. The third kappa shape index (κ3) is 5.96. The van der Waals surface area contributed by atoms with Gasteiger partial charge in [-0.2, -0.15) is 0 Å². The van der Waals surface area contributed by atoms with Gasteiger partial charge >= 0.3 is 0 Å². The molecule has 0 aliphatic carbocycles. The Morgan fingerprint density at radius 3 is 1.71 bits per heavy atom. The molecule has 1 heteroatoms. The molecule has 0 rings (SSSR count). The van der Waals surface area contributed by atoms with Crippen LogP contribution in [0.2, 0.25) is 0 Å². The van der Waals surface area contributed by atoms with Crippen LogP contribution in [0.25, 0.3) is 0 Å². The molecule has 0 unspecified atom stereocenters. The van der Waals surface area contributed by atoms with Crippen molar-refractivity contribution in [1.82, 2.24) is 0 Å². The fourth-order valence-corrected chi connectivity index (χ4v) is 0.682. The first-order valence-corrected chi connectivity index (χ1v) is 2.81. The predicted molar refractivity (Wildman–Crippen MR) is 31.1 cm³/mol. The summed E-state index contributed by atoms with van der Waals surface area (Å²) in [6.07, 6.45) is 0.792.